The number of rotatable bonds is 12. The lowest BCUT2D eigenvalue weighted by Crippen LogP contribution is -1.99. The molecule has 0 aliphatic rings. The molecular formula is C35H37N5O. The number of nitrogens with two attached hydrogens (primary N) is 1. The third-order valence-electron chi connectivity index (χ3n) is 7.74. The zero-order chi connectivity index (χ0) is 28.0. The van der Waals surface area contributed by atoms with Crippen molar-refractivity contribution < 1.29 is 4.74 Å². The first kappa shape index (κ1) is 26.9. The fraction of sp³-hybridized carbons (Fsp3) is 0.257. The van der Waals surface area contributed by atoms with Crippen LogP contribution in [0.3, 0.4) is 0 Å². The van der Waals surface area contributed by atoms with Crippen LogP contribution >= 0.6 is 0 Å². The van der Waals surface area contributed by atoms with Crippen LogP contribution in [0.15, 0.2) is 85.1 Å². The van der Waals surface area contributed by atoms with Crippen LogP contribution in [0.1, 0.15) is 37.3 Å². The molecule has 6 rings (SSSR count). The summed E-state index contributed by atoms with van der Waals surface area (Å²) >= 11 is 0. The van der Waals surface area contributed by atoms with Crippen molar-refractivity contribution in [3.63, 3.8) is 0 Å². The van der Waals surface area contributed by atoms with Gasteiger partial charge in [-0.3, -0.25) is 0 Å². The van der Waals surface area contributed by atoms with Gasteiger partial charge in [-0.2, -0.15) is 0 Å². The van der Waals surface area contributed by atoms with Gasteiger partial charge in [0, 0.05) is 26.6 Å². The molecule has 0 saturated heterocycles. The molecule has 0 radical (unpaired) electrons. The van der Waals surface area contributed by atoms with Crippen LogP contribution in [0.5, 0.6) is 0 Å². The van der Waals surface area contributed by atoms with Crippen LogP contribution in [0.4, 0.5) is 0 Å². The minimum atomic E-state index is 0.727. The van der Waals surface area contributed by atoms with E-state index in [-0.39, 0.29) is 0 Å². The Bertz CT molecular complexity index is 1750. The molecule has 41 heavy (non-hydrogen) atoms. The highest BCUT2D eigenvalue weighted by molar-refractivity contribution is 5.92. The molecule has 0 aliphatic heterocycles. The lowest BCUT2D eigenvalue weighted by molar-refractivity contribution is 0.193. The Kier molecular flexibility index (Phi) is 8.21. The molecule has 0 unspecified atom stereocenters. The minimum absolute atomic E-state index is 0.727. The van der Waals surface area contributed by atoms with Gasteiger partial charge < -0.3 is 20.4 Å². The van der Waals surface area contributed by atoms with Crippen LogP contribution in [0, 0.1) is 0 Å². The first-order valence-electron chi connectivity index (χ1n) is 14.6. The Hall–Kier alpha value is -4.26. The Morgan fingerprint density at radius 1 is 0.659 bits per heavy atom. The van der Waals surface area contributed by atoms with Crippen molar-refractivity contribution in [3.05, 3.63) is 96.7 Å². The molecule has 0 saturated carbocycles. The summed E-state index contributed by atoms with van der Waals surface area (Å²) in [4.78, 5) is 16.3. The number of nitrogens with one attached hydrogen (secondary N) is 2. The second-order valence-electron chi connectivity index (χ2n) is 10.7. The van der Waals surface area contributed by atoms with E-state index in [1.807, 2.05) is 6.20 Å². The van der Waals surface area contributed by atoms with Crippen molar-refractivity contribution in [1.29, 1.82) is 0 Å². The zero-order valence-corrected chi connectivity index (χ0v) is 23.6. The van der Waals surface area contributed by atoms with Crippen LogP contribution in [0.2, 0.25) is 0 Å². The van der Waals surface area contributed by atoms with E-state index in [2.05, 4.69) is 93.8 Å². The molecule has 0 spiro atoms. The van der Waals surface area contributed by atoms with E-state index in [0.29, 0.717) is 0 Å². The number of aromatic amines is 2. The van der Waals surface area contributed by atoms with E-state index >= 15 is 0 Å². The largest absolute Gasteiger partial charge is 0.385 e. The molecule has 0 fully saturated rings. The fourth-order valence-electron chi connectivity index (χ4n) is 5.42. The smallest absolute Gasteiger partial charge is 0.107 e. The Labute approximate surface area is 241 Å². The van der Waals surface area contributed by atoms with Gasteiger partial charge in [0.25, 0.3) is 0 Å². The number of imidazole rings is 2. The molecule has 4 aromatic carbocycles. The zero-order valence-electron chi connectivity index (χ0n) is 23.6. The second kappa shape index (κ2) is 12.5. The highest BCUT2D eigenvalue weighted by atomic mass is 16.5. The highest BCUT2D eigenvalue weighted by Crippen LogP contribution is 2.31. The first-order valence-corrected chi connectivity index (χ1v) is 14.6. The second-order valence-corrected chi connectivity index (χ2v) is 10.7. The van der Waals surface area contributed by atoms with Crippen LogP contribution < -0.4 is 5.73 Å². The van der Waals surface area contributed by atoms with Gasteiger partial charge in [-0.15, -0.1) is 0 Å². The monoisotopic (exact) mass is 543 g/mol. The quantitative estimate of drug-likeness (QED) is 0.138. The highest BCUT2D eigenvalue weighted by Gasteiger charge is 2.08. The maximum absolute atomic E-state index is 5.61. The molecule has 0 amide bonds. The first-order chi connectivity index (χ1) is 20.2. The van der Waals surface area contributed by atoms with Gasteiger partial charge in [-0.1, -0.05) is 54.6 Å². The topological polar surface area (TPSA) is 92.6 Å². The number of benzene rings is 4. The molecule has 4 N–H and O–H groups in total. The number of aryl methyl sites for hydroxylation is 2. The predicted octanol–water partition coefficient (Wildman–Crippen LogP) is 7.69. The Balaban J connectivity index is 1.17. The molecular weight excluding hydrogens is 506 g/mol. The Morgan fingerprint density at radius 3 is 2.05 bits per heavy atom. The van der Waals surface area contributed by atoms with E-state index in [0.717, 1.165) is 85.6 Å². The number of nitrogens with zero attached hydrogens (tertiary/aromatic N) is 2. The van der Waals surface area contributed by atoms with E-state index in [9.17, 15) is 0 Å². The minimum Gasteiger partial charge on any atom is -0.385 e. The SMILES string of the molecule is COCCCCc1nc2ccc(-c3ccc4cc(-c5ccc(-c6cnc(CCCCN)[nH]6)cc5)ccc4c3)cc2[nH]1. The van der Waals surface area contributed by atoms with E-state index in [4.69, 9.17) is 15.5 Å². The van der Waals surface area contributed by atoms with E-state index < -0.39 is 0 Å². The number of fused-ring (bicyclic) bond motifs is 2. The molecule has 0 atom stereocenters. The average molecular weight is 544 g/mol. The maximum Gasteiger partial charge on any atom is 0.107 e. The van der Waals surface area contributed by atoms with Gasteiger partial charge in [0.05, 0.1) is 22.9 Å². The summed E-state index contributed by atoms with van der Waals surface area (Å²) in [6.45, 7) is 1.52. The molecule has 0 bridgehead atoms. The van der Waals surface area contributed by atoms with Gasteiger partial charge in [0.15, 0.2) is 0 Å². The number of H-pyrrole nitrogens is 2. The molecule has 0 aliphatic carbocycles. The Morgan fingerprint density at radius 2 is 1.29 bits per heavy atom. The van der Waals surface area contributed by atoms with Gasteiger partial charge in [-0.25, -0.2) is 9.97 Å². The molecule has 2 aromatic heterocycles. The van der Waals surface area contributed by atoms with E-state index in [1.54, 1.807) is 7.11 Å². The standard InChI is InChI=1S/C35H37N5O/c1-41-19-5-3-7-35-38-31-17-16-30(22-32(31)39-35)29-15-14-27-20-26(12-13-28(27)21-29)24-8-10-25(11-9-24)33-23-37-34(40-33)6-2-4-18-36/h8-17,20-23H,2-7,18-19,36H2,1H3,(H,37,40)(H,38,39). The molecule has 2 heterocycles. The predicted molar refractivity (Wildman–Crippen MR) is 169 cm³/mol. The van der Waals surface area contributed by atoms with Crippen molar-refractivity contribution in [3.8, 4) is 33.5 Å². The molecule has 208 valence electrons. The van der Waals surface area contributed by atoms with Crippen LogP contribution in [-0.2, 0) is 17.6 Å². The lowest BCUT2D eigenvalue weighted by atomic mass is 9.97. The number of hydrogen-bond donors (Lipinski definition) is 3. The summed E-state index contributed by atoms with van der Waals surface area (Å²) in [7, 11) is 1.75. The van der Waals surface area contributed by atoms with Crippen molar-refractivity contribution in [2.45, 2.75) is 38.5 Å². The van der Waals surface area contributed by atoms with Crippen LogP contribution in [-0.4, -0.2) is 40.2 Å². The average Bonchev–Trinajstić information content (AvgIpc) is 3.66. The maximum atomic E-state index is 5.61. The normalized spacial score (nSPS) is 11.6. The van der Waals surface area contributed by atoms with Crippen LogP contribution in [0.25, 0.3) is 55.3 Å². The third kappa shape index (κ3) is 6.24. The van der Waals surface area contributed by atoms with Gasteiger partial charge >= 0.3 is 0 Å². The summed E-state index contributed by atoms with van der Waals surface area (Å²) < 4.78 is 5.16. The van der Waals surface area contributed by atoms with Gasteiger partial charge in [-0.05, 0) is 95.1 Å². The molecule has 6 aromatic rings. The van der Waals surface area contributed by atoms with Crippen molar-refractivity contribution in [2.24, 2.45) is 5.73 Å². The molecule has 6 heteroatoms. The number of aromatic nitrogens is 4. The summed E-state index contributed by atoms with van der Waals surface area (Å²) in [5.74, 6) is 2.06. The summed E-state index contributed by atoms with van der Waals surface area (Å²) in [6, 6.07) is 28.6. The summed E-state index contributed by atoms with van der Waals surface area (Å²) in [5.41, 5.74) is 14.7. The number of ether oxygens (including phenoxy) is 1. The fourth-order valence-corrected chi connectivity index (χ4v) is 5.42. The number of hydrogen-bond acceptors (Lipinski definition) is 4. The van der Waals surface area contributed by atoms with Gasteiger partial charge in [0.2, 0.25) is 0 Å². The van der Waals surface area contributed by atoms with Gasteiger partial charge in [0.1, 0.15) is 11.6 Å². The van der Waals surface area contributed by atoms with E-state index in [1.165, 1.54) is 33.0 Å². The summed E-state index contributed by atoms with van der Waals surface area (Å²) in [5, 5.41) is 2.46. The molecule has 6 nitrogen and oxygen atoms in total. The third-order valence-corrected chi connectivity index (χ3v) is 7.74. The van der Waals surface area contributed by atoms with Crippen molar-refractivity contribution in [1.82, 2.24) is 19.9 Å². The van der Waals surface area contributed by atoms with Crippen molar-refractivity contribution >= 4 is 21.8 Å². The lowest BCUT2D eigenvalue weighted by Gasteiger charge is -2.08. The number of methoxy groups -OCH3 is 1. The number of unbranched alkanes of at least 4 members (excludes halogenated alkanes) is 2. The van der Waals surface area contributed by atoms with Crippen molar-refractivity contribution in [2.75, 3.05) is 20.3 Å². The summed E-state index contributed by atoms with van der Waals surface area (Å²) in [6.07, 6.45) is 7.99.